The minimum Gasteiger partial charge on any atom is -0.303 e. The lowest BCUT2D eigenvalue weighted by Gasteiger charge is -2.05. The predicted molar refractivity (Wildman–Crippen MR) is 87.3 cm³/mol. The Morgan fingerprint density at radius 3 is 1.40 bits per heavy atom. The third-order valence-electron chi connectivity index (χ3n) is 3.31. The van der Waals surface area contributed by atoms with Gasteiger partial charge in [0.15, 0.2) is 0 Å². The summed E-state index contributed by atoms with van der Waals surface area (Å²) in [7, 11) is -4.25. The van der Waals surface area contributed by atoms with Crippen molar-refractivity contribution < 1.29 is 18.9 Å². The summed E-state index contributed by atoms with van der Waals surface area (Å²) in [6.07, 6.45) is 14.6. The van der Waals surface area contributed by atoms with E-state index in [0.29, 0.717) is 0 Å². The molecule has 4 nitrogen and oxygen atoms in total. The highest BCUT2D eigenvalue weighted by Gasteiger charge is 2.12. The molecular weight excluding hydrogens is 295 g/mol. The van der Waals surface area contributed by atoms with Crippen molar-refractivity contribution in [1.29, 1.82) is 0 Å². The first-order chi connectivity index (χ1) is 9.56. The number of hydrogen-bond acceptors (Lipinski definition) is 3. The van der Waals surface area contributed by atoms with Gasteiger partial charge in [-0.25, -0.2) is 4.57 Å². The van der Waals surface area contributed by atoms with Crippen molar-refractivity contribution in [2.75, 3.05) is 12.4 Å². The smallest absolute Gasteiger partial charge is 0.303 e. The Balaban J connectivity index is 3.01. The van der Waals surface area contributed by atoms with Crippen LogP contribution in [-0.2, 0) is 9.09 Å². The Morgan fingerprint density at radius 2 is 1.05 bits per heavy atom. The van der Waals surface area contributed by atoms with Crippen LogP contribution < -0.4 is 0 Å². The van der Waals surface area contributed by atoms with Crippen LogP contribution in [0.3, 0.4) is 0 Å². The monoisotopic (exact) mass is 326 g/mol. The number of thiol groups is 1. The predicted octanol–water partition coefficient (Wildman–Crippen LogP) is 4.71. The van der Waals surface area contributed by atoms with E-state index < -0.39 is 7.82 Å². The lowest BCUT2D eigenvalue weighted by Crippen LogP contribution is -1.92. The molecule has 0 fully saturated rings. The zero-order chi connectivity index (χ0) is 15.1. The maximum atomic E-state index is 10.4. The minimum atomic E-state index is -4.25. The first-order valence-electron chi connectivity index (χ1n) is 7.87. The van der Waals surface area contributed by atoms with Gasteiger partial charge in [-0.15, -0.1) is 0 Å². The molecule has 0 spiro atoms. The second-order valence-electron chi connectivity index (χ2n) is 5.29. The summed E-state index contributed by atoms with van der Waals surface area (Å²) in [5.41, 5.74) is 0. The zero-order valence-electron chi connectivity index (χ0n) is 12.5. The molecule has 6 heteroatoms. The first-order valence-corrected chi connectivity index (χ1v) is 10.0. The van der Waals surface area contributed by atoms with Gasteiger partial charge in [0, 0.05) is 0 Å². The SMILES string of the molecule is O=P(O)(O)OCCCCCCCCCCCCCCS. The van der Waals surface area contributed by atoms with E-state index in [0.717, 1.165) is 25.0 Å². The van der Waals surface area contributed by atoms with Gasteiger partial charge >= 0.3 is 7.82 Å². The molecule has 20 heavy (non-hydrogen) atoms. The minimum absolute atomic E-state index is 0.163. The van der Waals surface area contributed by atoms with Crippen LogP contribution >= 0.6 is 20.5 Å². The van der Waals surface area contributed by atoms with Gasteiger partial charge in [0.25, 0.3) is 0 Å². The Bertz CT molecular complexity index is 245. The lowest BCUT2D eigenvalue weighted by atomic mass is 10.1. The van der Waals surface area contributed by atoms with Crippen LogP contribution in [0.1, 0.15) is 77.0 Å². The number of unbranched alkanes of at least 4 members (excludes halogenated alkanes) is 11. The Labute approximate surface area is 129 Å². The third kappa shape index (κ3) is 18.5. The summed E-state index contributed by atoms with van der Waals surface area (Å²) in [5.74, 6) is 1.01. The van der Waals surface area contributed by atoms with E-state index in [1.165, 1.54) is 57.8 Å². The van der Waals surface area contributed by atoms with Crippen molar-refractivity contribution in [3.63, 3.8) is 0 Å². The zero-order valence-corrected chi connectivity index (χ0v) is 14.3. The molecule has 0 aliphatic heterocycles. The second-order valence-corrected chi connectivity index (χ2v) is 6.98. The fourth-order valence-corrected chi connectivity index (χ4v) is 2.76. The summed E-state index contributed by atoms with van der Waals surface area (Å²) in [4.78, 5) is 17.0. The molecule has 0 aromatic heterocycles. The molecule has 0 saturated heterocycles. The average Bonchev–Trinajstić information content (AvgIpc) is 2.38. The molecule has 0 unspecified atom stereocenters. The summed E-state index contributed by atoms with van der Waals surface area (Å²) in [6.45, 7) is 0.163. The lowest BCUT2D eigenvalue weighted by molar-refractivity contribution is 0.193. The molecule has 0 aromatic carbocycles. The largest absolute Gasteiger partial charge is 0.469 e. The molecular formula is C14H31O4PS. The van der Waals surface area contributed by atoms with Gasteiger partial charge in [0.2, 0.25) is 0 Å². The molecule has 0 aliphatic rings. The number of rotatable bonds is 15. The number of phosphoric ester groups is 1. The van der Waals surface area contributed by atoms with Crippen LogP contribution in [0.25, 0.3) is 0 Å². The molecule has 0 rings (SSSR count). The van der Waals surface area contributed by atoms with Gasteiger partial charge in [-0.1, -0.05) is 64.2 Å². The molecule has 0 heterocycles. The van der Waals surface area contributed by atoms with Crippen LogP contribution in [0.5, 0.6) is 0 Å². The van der Waals surface area contributed by atoms with Gasteiger partial charge < -0.3 is 9.79 Å². The van der Waals surface area contributed by atoms with Crippen molar-refractivity contribution in [3.05, 3.63) is 0 Å². The van der Waals surface area contributed by atoms with E-state index in [2.05, 4.69) is 17.2 Å². The van der Waals surface area contributed by atoms with Gasteiger partial charge in [-0.05, 0) is 18.6 Å². The molecule has 0 amide bonds. The quantitative estimate of drug-likeness (QED) is 0.232. The van der Waals surface area contributed by atoms with E-state index in [-0.39, 0.29) is 6.61 Å². The summed E-state index contributed by atoms with van der Waals surface area (Å²) in [5, 5.41) is 0. The van der Waals surface area contributed by atoms with E-state index in [9.17, 15) is 4.57 Å². The first kappa shape index (κ1) is 20.5. The summed E-state index contributed by atoms with van der Waals surface area (Å²) < 4.78 is 14.8. The van der Waals surface area contributed by atoms with Gasteiger partial charge in [-0.3, -0.25) is 4.52 Å². The maximum absolute atomic E-state index is 10.4. The summed E-state index contributed by atoms with van der Waals surface area (Å²) >= 11 is 4.20. The van der Waals surface area contributed by atoms with Crippen molar-refractivity contribution >= 4 is 20.5 Å². The maximum Gasteiger partial charge on any atom is 0.469 e. The Kier molecular flexibility index (Phi) is 14.7. The standard InChI is InChI=1S/C14H31O4PS/c15-19(16,17)18-13-11-9-7-5-3-1-2-4-6-8-10-12-14-20/h20H,1-14H2,(H2,15,16,17). The molecule has 122 valence electrons. The number of phosphoric acid groups is 1. The van der Waals surface area contributed by atoms with Crippen molar-refractivity contribution in [2.24, 2.45) is 0 Å². The van der Waals surface area contributed by atoms with Crippen molar-refractivity contribution in [1.82, 2.24) is 0 Å². The number of hydrogen-bond donors (Lipinski definition) is 3. The van der Waals surface area contributed by atoms with Crippen LogP contribution in [0.2, 0.25) is 0 Å². The van der Waals surface area contributed by atoms with E-state index in [1.54, 1.807) is 0 Å². The highest BCUT2D eigenvalue weighted by molar-refractivity contribution is 7.80. The van der Waals surface area contributed by atoms with Gasteiger partial charge in [0.1, 0.15) is 0 Å². The van der Waals surface area contributed by atoms with Crippen LogP contribution in [0.4, 0.5) is 0 Å². The van der Waals surface area contributed by atoms with E-state index in [1.807, 2.05) is 0 Å². The third-order valence-corrected chi connectivity index (χ3v) is 4.15. The fourth-order valence-electron chi connectivity index (χ4n) is 2.17. The average molecular weight is 326 g/mol. The topological polar surface area (TPSA) is 66.8 Å². The molecule has 0 radical (unpaired) electrons. The van der Waals surface area contributed by atoms with E-state index in [4.69, 9.17) is 9.79 Å². The molecule has 0 atom stereocenters. The fraction of sp³-hybridized carbons (Fsp3) is 1.00. The molecule has 0 aromatic rings. The van der Waals surface area contributed by atoms with E-state index >= 15 is 0 Å². The van der Waals surface area contributed by atoms with Crippen molar-refractivity contribution in [3.8, 4) is 0 Å². The van der Waals surface area contributed by atoms with Crippen molar-refractivity contribution in [2.45, 2.75) is 77.0 Å². The van der Waals surface area contributed by atoms with Crippen LogP contribution in [0.15, 0.2) is 0 Å². The second kappa shape index (κ2) is 14.4. The van der Waals surface area contributed by atoms with Gasteiger partial charge in [-0.2, -0.15) is 12.6 Å². The molecule has 0 aliphatic carbocycles. The molecule has 2 N–H and O–H groups in total. The Hall–Kier alpha value is 0.460. The van der Waals surface area contributed by atoms with Crippen LogP contribution in [0, 0.1) is 0 Å². The molecule has 0 bridgehead atoms. The normalized spacial score (nSPS) is 11.9. The summed E-state index contributed by atoms with van der Waals surface area (Å²) in [6, 6.07) is 0. The Morgan fingerprint density at radius 1 is 0.700 bits per heavy atom. The highest BCUT2D eigenvalue weighted by atomic mass is 32.1. The molecule has 0 saturated carbocycles. The van der Waals surface area contributed by atoms with Gasteiger partial charge in [0.05, 0.1) is 6.61 Å². The van der Waals surface area contributed by atoms with Crippen LogP contribution in [-0.4, -0.2) is 22.1 Å². The highest BCUT2D eigenvalue weighted by Crippen LogP contribution is 2.35.